The summed E-state index contributed by atoms with van der Waals surface area (Å²) in [5.41, 5.74) is 0.688. The Morgan fingerprint density at radius 3 is 2.40 bits per heavy atom. The van der Waals surface area contributed by atoms with E-state index in [9.17, 15) is 15.0 Å². The maximum Gasteiger partial charge on any atom is 0.246 e. The van der Waals surface area contributed by atoms with Crippen molar-refractivity contribution >= 4 is 12.0 Å². The molecule has 1 aromatic carbocycles. The number of hydrogen-bond acceptors (Lipinski definition) is 4. The monoisotopic (exact) mass is 346 g/mol. The standard InChI is InChI=1S/C20H30N2O3/c1-15-4-8-17(9-5-15)22(13-12-21(2)3)20(25)11-7-16-6-10-18(23)19(24)14-16/h6-7,10-11,14-15,17,23-24H,4-5,8-9,12-13H2,1-3H3/b11-7+. The first-order valence-corrected chi connectivity index (χ1v) is 9.02. The van der Waals surface area contributed by atoms with Crippen LogP contribution in [0.1, 0.15) is 38.2 Å². The van der Waals surface area contributed by atoms with Crippen LogP contribution in [0.2, 0.25) is 0 Å². The number of hydrogen-bond donors (Lipinski definition) is 2. The van der Waals surface area contributed by atoms with Crippen LogP contribution in [-0.4, -0.2) is 59.1 Å². The molecule has 1 fully saturated rings. The van der Waals surface area contributed by atoms with Gasteiger partial charge in [0.15, 0.2) is 11.5 Å². The van der Waals surface area contributed by atoms with E-state index in [1.165, 1.54) is 25.0 Å². The van der Waals surface area contributed by atoms with E-state index in [2.05, 4.69) is 11.8 Å². The number of carbonyl (C=O) groups excluding carboxylic acids is 1. The summed E-state index contributed by atoms with van der Waals surface area (Å²) in [6, 6.07) is 4.85. The number of nitrogens with zero attached hydrogens (tertiary/aromatic N) is 2. The molecule has 2 N–H and O–H groups in total. The summed E-state index contributed by atoms with van der Waals surface area (Å²) in [5.74, 6) is 0.416. The van der Waals surface area contributed by atoms with Gasteiger partial charge in [-0.25, -0.2) is 0 Å². The van der Waals surface area contributed by atoms with E-state index in [0.717, 1.165) is 31.8 Å². The van der Waals surface area contributed by atoms with Crippen molar-refractivity contribution in [3.63, 3.8) is 0 Å². The van der Waals surface area contributed by atoms with Crippen LogP contribution < -0.4 is 0 Å². The number of benzene rings is 1. The lowest BCUT2D eigenvalue weighted by molar-refractivity contribution is -0.129. The number of carbonyl (C=O) groups is 1. The van der Waals surface area contributed by atoms with Gasteiger partial charge in [0, 0.05) is 25.2 Å². The molecule has 0 aromatic heterocycles. The van der Waals surface area contributed by atoms with Crippen molar-refractivity contribution in [1.29, 1.82) is 0 Å². The minimum atomic E-state index is -0.180. The van der Waals surface area contributed by atoms with Crippen LogP contribution in [0.15, 0.2) is 24.3 Å². The molecule has 0 saturated heterocycles. The minimum Gasteiger partial charge on any atom is -0.504 e. The predicted molar refractivity (Wildman–Crippen MR) is 100 cm³/mol. The second-order valence-electron chi connectivity index (χ2n) is 7.33. The summed E-state index contributed by atoms with van der Waals surface area (Å²) in [4.78, 5) is 16.8. The van der Waals surface area contributed by atoms with Crippen molar-refractivity contribution in [3.8, 4) is 11.5 Å². The third-order valence-electron chi connectivity index (χ3n) is 4.92. The maximum absolute atomic E-state index is 12.8. The highest BCUT2D eigenvalue weighted by atomic mass is 16.3. The van der Waals surface area contributed by atoms with Crippen LogP contribution in [0.4, 0.5) is 0 Å². The molecule has 1 aliphatic rings. The molecule has 0 aliphatic heterocycles. The quantitative estimate of drug-likeness (QED) is 0.614. The van der Waals surface area contributed by atoms with E-state index in [-0.39, 0.29) is 17.4 Å². The van der Waals surface area contributed by atoms with Crippen molar-refractivity contribution in [2.75, 3.05) is 27.2 Å². The zero-order valence-electron chi connectivity index (χ0n) is 15.5. The van der Waals surface area contributed by atoms with Gasteiger partial charge < -0.3 is 20.0 Å². The van der Waals surface area contributed by atoms with Gasteiger partial charge in [-0.1, -0.05) is 13.0 Å². The Kier molecular flexibility index (Phi) is 6.88. The van der Waals surface area contributed by atoms with E-state index in [1.807, 2.05) is 19.0 Å². The second-order valence-corrected chi connectivity index (χ2v) is 7.33. The topological polar surface area (TPSA) is 64.0 Å². The molecule has 0 bridgehead atoms. The highest BCUT2D eigenvalue weighted by Gasteiger charge is 2.26. The molecular weight excluding hydrogens is 316 g/mol. The molecular formula is C20H30N2O3. The molecule has 0 heterocycles. The highest BCUT2D eigenvalue weighted by molar-refractivity contribution is 5.92. The van der Waals surface area contributed by atoms with Gasteiger partial charge in [-0.2, -0.15) is 0 Å². The molecule has 0 unspecified atom stereocenters. The number of aromatic hydroxyl groups is 2. The average Bonchev–Trinajstić information content (AvgIpc) is 2.57. The van der Waals surface area contributed by atoms with Crippen LogP contribution >= 0.6 is 0 Å². The van der Waals surface area contributed by atoms with E-state index in [0.29, 0.717) is 11.6 Å². The number of phenols is 2. The number of amides is 1. The maximum atomic E-state index is 12.8. The Labute approximate surface area is 150 Å². The fourth-order valence-corrected chi connectivity index (χ4v) is 3.24. The largest absolute Gasteiger partial charge is 0.504 e. The summed E-state index contributed by atoms with van der Waals surface area (Å²) in [6.07, 6.45) is 7.73. The van der Waals surface area contributed by atoms with Crippen molar-refractivity contribution in [3.05, 3.63) is 29.8 Å². The third-order valence-corrected chi connectivity index (χ3v) is 4.92. The van der Waals surface area contributed by atoms with E-state index in [1.54, 1.807) is 18.2 Å². The molecule has 25 heavy (non-hydrogen) atoms. The summed E-state index contributed by atoms with van der Waals surface area (Å²) in [7, 11) is 4.03. The lowest BCUT2D eigenvalue weighted by Crippen LogP contribution is -2.44. The zero-order chi connectivity index (χ0) is 18.4. The Bertz CT molecular complexity index is 605. The third kappa shape index (κ3) is 5.78. The molecule has 1 amide bonds. The predicted octanol–water partition coefficient (Wildman–Crippen LogP) is 3.08. The summed E-state index contributed by atoms with van der Waals surface area (Å²) in [6.45, 7) is 3.83. The van der Waals surface area contributed by atoms with Crippen molar-refractivity contribution in [2.45, 2.75) is 38.6 Å². The molecule has 0 atom stereocenters. The van der Waals surface area contributed by atoms with Crippen molar-refractivity contribution < 1.29 is 15.0 Å². The molecule has 0 spiro atoms. The Balaban J connectivity index is 2.07. The first kappa shape index (κ1) is 19.3. The number of phenolic OH excluding ortho intramolecular Hbond substituents is 2. The molecule has 5 heteroatoms. The Hall–Kier alpha value is -2.01. The SMILES string of the molecule is CC1CCC(N(CCN(C)C)C(=O)/C=C/c2ccc(O)c(O)c2)CC1. The molecule has 1 saturated carbocycles. The summed E-state index contributed by atoms with van der Waals surface area (Å²) < 4.78 is 0. The zero-order valence-corrected chi connectivity index (χ0v) is 15.5. The minimum absolute atomic E-state index is 0.00830. The van der Waals surface area contributed by atoms with Crippen LogP contribution in [0, 0.1) is 5.92 Å². The van der Waals surface area contributed by atoms with Gasteiger partial charge in [0.1, 0.15) is 0 Å². The Morgan fingerprint density at radius 1 is 1.12 bits per heavy atom. The first-order valence-electron chi connectivity index (χ1n) is 9.02. The van der Waals surface area contributed by atoms with E-state index in [4.69, 9.17) is 0 Å². The van der Waals surface area contributed by atoms with Crippen molar-refractivity contribution in [2.24, 2.45) is 5.92 Å². The normalized spacial score (nSPS) is 21.0. The first-order chi connectivity index (χ1) is 11.9. The van der Waals surface area contributed by atoms with Crippen LogP contribution in [-0.2, 0) is 4.79 Å². The number of likely N-dealkylation sites (N-methyl/N-ethyl adjacent to an activating group) is 1. The fourth-order valence-electron chi connectivity index (χ4n) is 3.24. The van der Waals surface area contributed by atoms with Gasteiger partial charge in [-0.05, 0) is 69.5 Å². The average molecular weight is 346 g/mol. The molecule has 1 aliphatic carbocycles. The van der Waals surface area contributed by atoms with E-state index >= 15 is 0 Å². The van der Waals surface area contributed by atoms with Gasteiger partial charge >= 0.3 is 0 Å². The highest BCUT2D eigenvalue weighted by Crippen LogP contribution is 2.28. The van der Waals surface area contributed by atoms with Crippen LogP contribution in [0.5, 0.6) is 11.5 Å². The lowest BCUT2D eigenvalue weighted by atomic mass is 9.86. The summed E-state index contributed by atoms with van der Waals surface area (Å²) in [5, 5.41) is 18.9. The van der Waals surface area contributed by atoms with E-state index < -0.39 is 0 Å². The lowest BCUT2D eigenvalue weighted by Gasteiger charge is -2.36. The van der Waals surface area contributed by atoms with Crippen LogP contribution in [0.25, 0.3) is 6.08 Å². The molecule has 0 radical (unpaired) electrons. The smallest absolute Gasteiger partial charge is 0.246 e. The fraction of sp³-hybridized carbons (Fsp3) is 0.550. The van der Waals surface area contributed by atoms with Gasteiger partial charge in [0.25, 0.3) is 0 Å². The Morgan fingerprint density at radius 2 is 1.80 bits per heavy atom. The number of rotatable bonds is 6. The molecule has 2 rings (SSSR count). The molecule has 5 nitrogen and oxygen atoms in total. The second kappa shape index (κ2) is 8.90. The van der Waals surface area contributed by atoms with Crippen LogP contribution in [0.3, 0.4) is 0 Å². The summed E-state index contributed by atoms with van der Waals surface area (Å²) >= 11 is 0. The van der Waals surface area contributed by atoms with Gasteiger partial charge in [0.2, 0.25) is 5.91 Å². The van der Waals surface area contributed by atoms with Gasteiger partial charge in [0.05, 0.1) is 0 Å². The van der Waals surface area contributed by atoms with Gasteiger partial charge in [-0.3, -0.25) is 4.79 Å². The van der Waals surface area contributed by atoms with Crippen molar-refractivity contribution in [1.82, 2.24) is 9.80 Å². The van der Waals surface area contributed by atoms with Gasteiger partial charge in [-0.15, -0.1) is 0 Å². The molecule has 1 aromatic rings. The molecule has 138 valence electrons.